The summed E-state index contributed by atoms with van der Waals surface area (Å²) >= 11 is 0. The topological polar surface area (TPSA) is 131 Å². The number of para-hydroxylation sites is 2. The number of aromatic nitrogens is 2. The molecule has 1 saturated heterocycles. The average Bonchev–Trinajstić information content (AvgIpc) is 3.43. The Labute approximate surface area is 219 Å². The lowest BCUT2D eigenvalue weighted by molar-refractivity contribution is -0.121. The molecule has 10 nitrogen and oxygen atoms in total. The highest BCUT2D eigenvalue weighted by Crippen LogP contribution is 2.47. The molecule has 0 saturated carbocycles. The van der Waals surface area contributed by atoms with E-state index in [1.165, 1.54) is 30.7 Å². The average molecular weight is 532 g/mol. The number of carbonyl (C=O) groups is 1. The summed E-state index contributed by atoms with van der Waals surface area (Å²) in [6, 6.07) is 20.8. The number of Topliss-reactive ketones (excluding diaryl/α,β-unsaturated/α-hetero) is 1. The third kappa shape index (κ3) is 3.46. The first-order chi connectivity index (χ1) is 18.3. The number of H-pyrrole nitrogens is 1. The number of nitrogens with two attached hydrogens (primary N) is 1. The van der Waals surface area contributed by atoms with Crippen LogP contribution in [0.1, 0.15) is 5.82 Å². The summed E-state index contributed by atoms with van der Waals surface area (Å²) in [6.45, 7) is -0.181. The van der Waals surface area contributed by atoms with Gasteiger partial charge in [0.05, 0.1) is 35.8 Å². The number of imidazole rings is 1. The van der Waals surface area contributed by atoms with E-state index in [-0.39, 0.29) is 35.2 Å². The Hall–Kier alpha value is -4.35. The number of ketones is 1. The molecule has 2 aliphatic heterocycles. The van der Waals surface area contributed by atoms with E-state index in [1.807, 2.05) is 24.3 Å². The third-order valence-electron chi connectivity index (χ3n) is 7.05. The molecule has 11 heteroatoms. The van der Waals surface area contributed by atoms with E-state index in [4.69, 9.17) is 15.2 Å². The summed E-state index contributed by atoms with van der Waals surface area (Å²) in [6.07, 6.45) is 0. The quantitative estimate of drug-likeness (QED) is 0.388. The van der Waals surface area contributed by atoms with Gasteiger partial charge in [-0.1, -0.05) is 30.3 Å². The number of hydrogen-bond acceptors (Lipinski definition) is 8. The molecule has 3 N–H and O–H groups in total. The number of aromatic amines is 1. The van der Waals surface area contributed by atoms with Crippen LogP contribution in [0, 0.1) is 0 Å². The van der Waals surface area contributed by atoms with Gasteiger partial charge >= 0.3 is 0 Å². The van der Waals surface area contributed by atoms with Crippen molar-refractivity contribution >= 4 is 38.1 Å². The fourth-order valence-corrected chi connectivity index (χ4v) is 6.70. The van der Waals surface area contributed by atoms with E-state index >= 15 is 0 Å². The molecule has 0 atom stereocenters. The molecule has 0 bridgehead atoms. The fraction of sp³-hybridized carbons (Fsp3) is 0.185. The normalized spacial score (nSPS) is 17.3. The molecule has 6 rings (SSSR count). The molecule has 38 heavy (non-hydrogen) atoms. The second-order valence-electron chi connectivity index (χ2n) is 9.22. The first-order valence-electron chi connectivity index (χ1n) is 11.9. The lowest BCUT2D eigenvalue weighted by atomic mass is 9.85. The van der Waals surface area contributed by atoms with Gasteiger partial charge in [0.2, 0.25) is 10.0 Å². The van der Waals surface area contributed by atoms with Crippen LogP contribution in [-0.2, 0) is 14.8 Å². The number of carbonyl (C=O) groups excluding carboxylic acids is 1. The van der Waals surface area contributed by atoms with Crippen molar-refractivity contribution in [1.82, 2.24) is 14.3 Å². The molecule has 3 heterocycles. The maximum Gasteiger partial charge on any atom is 0.243 e. The predicted molar refractivity (Wildman–Crippen MR) is 142 cm³/mol. The van der Waals surface area contributed by atoms with Crippen LogP contribution in [0.3, 0.4) is 0 Å². The summed E-state index contributed by atoms with van der Waals surface area (Å²) in [7, 11) is -0.763. The molecule has 2 aliphatic rings. The van der Waals surface area contributed by atoms with E-state index < -0.39 is 15.6 Å². The van der Waals surface area contributed by atoms with Crippen molar-refractivity contribution in [3.8, 4) is 11.5 Å². The highest BCUT2D eigenvalue weighted by molar-refractivity contribution is 7.89. The van der Waals surface area contributed by atoms with Gasteiger partial charge in [-0.3, -0.25) is 4.79 Å². The molecular formula is C27H25N5O5S. The second kappa shape index (κ2) is 8.61. The van der Waals surface area contributed by atoms with Crippen molar-refractivity contribution in [2.75, 3.05) is 32.2 Å². The maximum atomic E-state index is 14.2. The number of rotatable bonds is 6. The van der Waals surface area contributed by atoms with E-state index in [0.717, 1.165) is 5.52 Å². The largest absolute Gasteiger partial charge is 0.497 e. The highest BCUT2D eigenvalue weighted by atomic mass is 32.2. The Kier molecular flexibility index (Phi) is 5.44. The van der Waals surface area contributed by atoms with Crippen molar-refractivity contribution in [2.24, 2.45) is 5.73 Å². The van der Waals surface area contributed by atoms with Gasteiger partial charge in [0, 0.05) is 31.3 Å². The zero-order valence-corrected chi connectivity index (χ0v) is 21.5. The molecule has 0 aliphatic carbocycles. The van der Waals surface area contributed by atoms with Gasteiger partial charge in [-0.05, 0) is 24.3 Å². The molecule has 1 fully saturated rings. The van der Waals surface area contributed by atoms with E-state index in [2.05, 4.69) is 9.97 Å². The summed E-state index contributed by atoms with van der Waals surface area (Å²) < 4.78 is 38.9. The molecular weight excluding hydrogens is 506 g/mol. The minimum atomic E-state index is -3.82. The van der Waals surface area contributed by atoms with Crippen LogP contribution < -0.4 is 20.1 Å². The van der Waals surface area contributed by atoms with Crippen LogP contribution in [0.4, 0.5) is 5.69 Å². The summed E-state index contributed by atoms with van der Waals surface area (Å²) in [5, 5.41) is 0. The molecule has 1 spiro atoms. The van der Waals surface area contributed by atoms with Crippen molar-refractivity contribution < 1.29 is 22.7 Å². The van der Waals surface area contributed by atoms with Crippen LogP contribution in [-0.4, -0.2) is 61.3 Å². The van der Waals surface area contributed by atoms with Crippen LogP contribution in [0.5, 0.6) is 11.5 Å². The van der Waals surface area contributed by atoms with E-state index in [0.29, 0.717) is 28.5 Å². The second-order valence-corrected chi connectivity index (χ2v) is 11.2. The Balaban J connectivity index is 1.48. The van der Waals surface area contributed by atoms with Crippen molar-refractivity contribution in [2.45, 2.75) is 10.4 Å². The zero-order chi connectivity index (χ0) is 26.7. The Bertz CT molecular complexity index is 1650. The smallest absolute Gasteiger partial charge is 0.243 e. The van der Waals surface area contributed by atoms with Gasteiger partial charge in [-0.15, -0.1) is 0 Å². The molecule has 1 aromatic heterocycles. The lowest BCUT2D eigenvalue weighted by Gasteiger charge is -2.51. The van der Waals surface area contributed by atoms with Crippen LogP contribution in [0.2, 0.25) is 0 Å². The number of benzene rings is 3. The van der Waals surface area contributed by atoms with Gasteiger partial charge in [0.1, 0.15) is 34.3 Å². The van der Waals surface area contributed by atoms with E-state index in [1.54, 1.807) is 41.3 Å². The van der Waals surface area contributed by atoms with Crippen LogP contribution in [0.25, 0.3) is 16.6 Å². The van der Waals surface area contributed by atoms with Gasteiger partial charge < -0.3 is 25.1 Å². The highest BCUT2D eigenvalue weighted by Gasteiger charge is 2.63. The maximum absolute atomic E-state index is 14.2. The number of ether oxygens (including phenoxy) is 2. The SMILES string of the molecule is COc1cc(OC)cc(N2C(N)=C(c3nc4ccccc4[nH]3)C(=O)C23CN(S(=O)(=O)c2ccccc2)C3)c1. The number of nitrogens with one attached hydrogen (secondary N) is 1. The minimum absolute atomic E-state index is 0.0903. The third-order valence-corrected chi connectivity index (χ3v) is 8.86. The molecule has 3 aromatic carbocycles. The Morgan fingerprint density at radius 2 is 1.58 bits per heavy atom. The predicted octanol–water partition coefficient (Wildman–Crippen LogP) is 2.74. The lowest BCUT2D eigenvalue weighted by Crippen LogP contribution is -2.73. The number of nitrogens with zero attached hydrogens (tertiary/aromatic N) is 3. The number of methoxy groups -OCH3 is 2. The standard InChI is InChI=1S/C27H25N5O5S/c1-36-18-12-17(13-19(14-18)37-2)32-25(28)23(26-29-21-10-6-7-11-22(21)30-26)24(33)27(32)15-31(16-27)38(34,35)20-8-4-3-5-9-20/h3-14H,15-16,28H2,1-2H3,(H,29,30). The number of anilines is 1. The summed E-state index contributed by atoms with van der Waals surface area (Å²) in [5.41, 5.74) is 7.63. The monoisotopic (exact) mass is 531 g/mol. The van der Waals surface area contributed by atoms with Crippen LogP contribution >= 0.6 is 0 Å². The number of hydrogen-bond donors (Lipinski definition) is 2. The van der Waals surface area contributed by atoms with Crippen molar-refractivity contribution in [1.29, 1.82) is 0 Å². The van der Waals surface area contributed by atoms with E-state index in [9.17, 15) is 13.2 Å². The first-order valence-corrected chi connectivity index (χ1v) is 13.3. The molecule has 0 radical (unpaired) electrons. The minimum Gasteiger partial charge on any atom is -0.497 e. The fourth-order valence-electron chi connectivity index (χ4n) is 5.13. The summed E-state index contributed by atoms with van der Waals surface area (Å²) in [4.78, 5) is 23.8. The number of fused-ring (bicyclic) bond motifs is 1. The van der Waals surface area contributed by atoms with Gasteiger partial charge in [-0.25, -0.2) is 13.4 Å². The Morgan fingerprint density at radius 1 is 0.947 bits per heavy atom. The number of sulfonamides is 1. The molecule has 4 aromatic rings. The van der Waals surface area contributed by atoms with Crippen molar-refractivity contribution in [3.05, 3.63) is 84.4 Å². The molecule has 0 amide bonds. The Morgan fingerprint density at radius 3 is 2.21 bits per heavy atom. The van der Waals surface area contributed by atoms with Gasteiger partial charge in [0.15, 0.2) is 5.78 Å². The van der Waals surface area contributed by atoms with Gasteiger partial charge in [-0.2, -0.15) is 4.31 Å². The molecule has 194 valence electrons. The first kappa shape index (κ1) is 24.0. The zero-order valence-electron chi connectivity index (χ0n) is 20.7. The van der Waals surface area contributed by atoms with Crippen LogP contribution in [0.15, 0.2) is 83.5 Å². The molecule has 0 unspecified atom stereocenters. The summed E-state index contributed by atoms with van der Waals surface area (Å²) in [5.74, 6) is 1.19. The van der Waals surface area contributed by atoms with Crippen molar-refractivity contribution in [3.63, 3.8) is 0 Å². The van der Waals surface area contributed by atoms with Gasteiger partial charge in [0.25, 0.3) is 0 Å².